The van der Waals surface area contributed by atoms with Crippen LogP contribution < -0.4 is 5.32 Å². The Morgan fingerprint density at radius 3 is 3.00 bits per heavy atom. The number of halogens is 1. The highest BCUT2D eigenvalue weighted by Gasteiger charge is 2.14. The Bertz CT molecular complexity index is 314. The molecule has 1 unspecified atom stereocenters. The average molecular weight is 258 g/mol. The van der Waals surface area contributed by atoms with E-state index in [-0.39, 0.29) is 17.0 Å². The van der Waals surface area contributed by atoms with E-state index in [0.29, 0.717) is 11.8 Å². The van der Waals surface area contributed by atoms with Crippen LogP contribution in [0.2, 0.25) is 0 Å². The second-order valence-electron chi connectivity index (χ2n) is 3.72. The molecule has 0 radical (unpaired) electrons. The fourth-order valence-corrected chi connectivity index (χ4v) is 1.95. The second kappa shape index (κ2) is 4.80. The predicted molar refractivity (Wildman–Crippen MR) is 63.3 cm³/mol. The SMILES string of the molecule is Br.CC1Cc2cccc(O)c2CCN1. The first kappa shape index (κ1) is 11.5. The van der Waals surface area contributed by atoms with Crippen molar-refractivity contribution in [2.45, 2.75) is 25.8 Å². The summed E-state index contributed by atoms with van der Waals surface area (Å²) < 4.78 is 0. The van der Waals surface area contributed by atoms with E-state index in [1.165, 1.54) is 5.56 Å². The van der Waals surface area contributed by atoms with Crippen LogP contribution >= 0.6 is 17.0 Å². The molecule has 0 fully saturated rings. The molecule has 0 aromatic heterocycles. The third-order valence-corrected chi connectivity index (χ3v) is 2.64. The molecular formula is C11H16BrNO. The van der Waals surface area contributed by atoms with E-state index in [0.717, 1.165) is 24.9 Å². The lowest BCUT2D eigenvalue weighted by Crippen LogP contribution is -2.27. The molecule has 1 aliphatic rings. The molecule has 78 valence electrons. The smallest absolute Gasteiger partial charge is 0.119 e. The molecule has 0 bridgehead atoms. The third-order valence-electron chi connectivity index (χ3n) is 2.64. The van der Waals surface area contributed by atoms with Gasteiger partial charge in [0.15, 0.2) is 0 Å². The minimum atomic E-state index is 0. The van der Waals surface area contributed by atoms with Crippen LogP contribution in [0.1, 0.15) is 18.1 Å². The van der Waals surface area contributed by atoms with Crippen molar-refractivity contribution in [1.82, 2.24) is 5.32 Å². The van der Waals surface area contributed by atoms with Crippen molar-refractivity contribution in [1.29, 1.82) is 0 Å². The standard InChI is InChI=1S/C11H15NO.BrH/c1-8-7-9-3-2-4-11(13)10(9)5-6-12-8;/h2-4,8,12-13H,5-7H2,1H3;1H. The predicted octanol–water partition coefficient (Wildman–Crippen LogP) is 2.05. The van der Waals surface area contributed by atoms with E-state index in [1.54, 1.807) is 6.07 Å². The average Bonchev–Trinajstić information content (AvgIpc) is 2.27. The normalized spacial score (nSPS) is 20.5. The highest BCUT2D eigenvalue weighted by molar-refractivity contribution is 8.93. The van der Waals surface area contributed by atoms with Gasteiger partial charge in [-0.1, -0.05) is 12.1 Å². The Hall–Kier alpha value is -0.540. The molecule has 1 aromatic rings. The Balaban J connectivity index is 0.000000980. The highest BCUT2D eigenvalue weighted by Crippen LogP contribution is 2.24. The minimum absolute atomic E-state index is 0. The van der Waals surface area contributed by atoms with Gasteiger partial charge in [0.2, 0.25) is 0 Å². The maximum Gasteiger partial charge on any atom is 0.119 e. The van der Waals surface area contributed by atoms with Crippen LogP contribution in [-0.4, -0.2) is 17.7 Å². The van der Waals surface area contributed by atoms with Gasteiger partial charge in [-0.15, -0.1) is 17.0 Å². The maximum absolute atomic E-state index is 9.64. The van der Waals surface area contributed by atoms with Gasteiger partial charge in [0.05, 0.1) is 0 Å². The summed E-state index contributed by atoms with van der Waals surface area (Å²) in [4.78, 5) is 0. The number of phenols is 1. The molecule has 0 aliphatic carbocycles. The molecule has 1 aromatic carbocycles. The molecule has 3 heteroatoms. The van der Waals surface area contributed by atoms with E-state index in [2.05, 4.69) is 18.3 Å². The second-order valence-corrected chi connectivity index (χ2v) is 3.72. The largest absolute Gasteiger partial charge is 0.508 e. The third kappa shape index (κ3) is 2.28. The van der Waals surface area contributed by atoms with Crippen LogP contribution in [0.5, 0.6) is 5.75 Å². The summed E-state index contributed by atoms with van der Waals surface area (Å²) in [7, 11) is 0. The van der Waals surface area contributed by atoms with Crippen molar-refractivity contribution in [2.24, 2.45) is 0 Å². The van der Waals surface area contributed by atoms with Gasteiger partial charge in [0.1, 0.15) is 5.75 Å². The summed E-state index contributed by atoms with van der Waals surface area (Å²) >= 11 is 0. The fourth-order valence-electron chi connectivity index (χ4n) is 1.95. The van der Waals surface area contributed by atoms with E-state index in [1.807, 2.05) is 6.07 Å². The number of hydrogen-bond donors (Lipinski definition) is 2. The van der Waals surface area contributed by atoms with Crippen molar-refractivity contribution in [3.63, 3.8) is 0 Å². The summed E-state index contributed by atoms with van der Waals surface area (Å²) in [5.74, 6) is 0.452. The monoisotopic (exact) mass is 257 g/mol. The molecule has 2 rings (SSSR count). The summed E-state index contributed by atoms with van der Waals surface area (Å²) in [5, 5.41) is 13.0. The van der Waals surface area contributed by atoms with Crippen molar-refractivity contribution < 1.29 is 5.11 Å². The number of benzene rings is 1. The van der Waals surface area contributed by atoms with Gasteiger partial charge in [0, 0.05) is 6.04 Å². The van der Waals surface area contributed by atoms with Gasteiger partial charge in [0.25, 0.3) is 0 Å². The molecule has 1 aliphatic heterocycles. The van der Waals surface area contributed by atoms with Gasteiger partial charge in [-0.25, -0.2) is 0 Å². The summed E-state index contributed by atoms with van der Waals surface area (Å²) in [6.07, 6.45) is 1.95. The van der Waals surface area contributed by atoms with Gasteiger partial charge >= 0.3 is 0 Å². The number of rotatable bonds is 0. The molecule has 2 N–H and O–H groups in total. The van der Waals surface area contributed by atoms with Crippen LogP contribution in [0.25, 0.3) is 0 Å². The zero-order valence-corrected chi connectivity index (χ0v) is 10.00. The molecule has 1 atom stereocenters. The molecule has 0 spiro atoms. The first-order valence-electron chi connectivity index (χ1n) is 4.80. The van der Waals surface area contributed by atoms with Crippen LogP contribution in [0, 0.1) is 0 Å². The summed E-state index contributed by atoms with van der Waals surface area (Å²) in [5.41, 5.74) is 2.41. The van der Waals surface area contributed by atoms with E-state index in [4.69, 9.17) is 0 Å². The van der Waals surface area contributed by atoms with Crippen LogP contribution in [-0.2, 0) is 12.8 Å². The fraction of sp³-hybridized carbons (Fsp3) is 0.455. The van der Waals surface area contributed by atoms with Crippen LogP contribution in [0.4, 0.5) is 0 Å². The van der Waals surface area contributed by atoms with E-state index >= 15 is 0 Å². The Morgan fingerprint density at radius 1 is 1.43 bits per heavy atom. The quantitative estimate of drug-likeness (QED) is 0.746. The van der Waals surface area contributed by atoms with E-state index < -0.39 is 0 Å². The number of phenolic OH excluding ortho intramolecular Hbond substituents is 1. The number of nitrogens with one attached hydrogen (secondary N) is 1. The minimum Gasteiger partial charge on any atom is -0.508 e. The van der Waals surface area contributed by atoms with Crippen molar-refractivity contribution in [2.75, 3.05) is 6.54 Å². The summed E-state index contributed by atoms with van der Waals surface area (Å²) in [6.45, 7) is 3.14. The lowest BCUT2D eigenvalue weighted by atomic mass is 10.0. The molecule has 0 saturated heterocycles. The van der Waals surface area contributed by atoms with Crippen molar-refractivity contribution in [3.8, 4) is 5.75 Å². The topological polar surface area (TPSA) is 32.3 Å². The van der Waals surface area contributed by atoms with Gasteiger partial charge < -0.3 is 10.4 Å². The Kier molecular flexibility index (Phi) is 3.96. The van der Waals surface area contributed by atoms with Gasteiger partial charge in [-0.2, -0.15) is 0 Å². The lowest BCUT2D eigenvalue weighted by Gasteiger charge is -2.09. The Morgan fingerprint density at radius 2 is 2.21 bits per heavy atom. The van der Waals surface area contributed by atoms with Gasteiger partial charge in [-0.3, -0.25) is 0 Å². The Labute approximate surface area is 95.1 Å². The molecule has 2 nitrogen and oxygen atoms in total. The molecule has 0 amide bonds. The van der Waals surface area contributed by atoms with Crippen LogP contribution in [0.3, 0.4) is 0 Å². The first-order chi connectivity index (χ1) is 6.27. The van der Waals surface area contributed by atoms with Crippen molar-refractivity contribution in [3.05, 3.63) is 29.3 Å². The first-order valence-corrected chi connectivity index (χ1v) is 4.80. The zero-order chi connectivity index (χ0) is 9.26. The summed E-state index contributed by atoms with van der Waals surface area (Å²) in [6, 6.07) is 6.32. The highest BCUT2D eigenvalue weighted by atomic mass is 79.9. The number of aromatic hydroxyl groups is 1. The maximum atomic E-state index is 9.64. The van der Waals surface area contributed by atoms with Crippen molar-refractivity contribution >= 4 is 17.0 Å². The molecule has 14 heavy (non-hydrogen) atoms. The van der Waals surface area contributed by atoms with E-state index in [9.17, 15) is 5.11 Å². The molecule has 0 saturated carbocycles. The molecule has 1 heterocycles. The lowest BCUT2D eigenvalue weighted by molar-refractivity contribution is 0.467. The number of hydrogen-bond acceptors (Lipinski definition) is 2. The zero-order valence-electron chi connectivity index (χ0n) is 8.29. The van der Waals surface area contributed by atoms with Gasteiger partial charge in [-0.05, 0) is 43.5 Å². The van der Waals surface area contributed by atoms with Crippen LogP contribution in [0.15, 0.2) is 18.2 Å². The molecular weight excluding hydrogens is 242 g/mol. The number of fused-ring (bicyclic) bond motifs is 1.